The molecule has 2 rings (SSSR count). The summed E-state index contributed by atoms with van der Waals surface area (Å²) >= 11 is 0. The van der Waals surface area contributed by atoms with Gasteiger partial charge in [0.15, 0.2) is 9.84 Å². The van der Waals surface area contributed by atoms with Crippen LogP contribution in [0.1, 0.15) is 36.1 Å². The first-order valence-electron chi connectivity index (χ1n) is 5.37. The van der Waals surface area contributed by atoms with Gasteiger partial charge in [0, 0.05) is 0 Å². The van der Waals surface area contributed by atoms with Gasteiger partial charge in [-0.25, -0.2) is 13.4 Å². The van der Waals surface area contributed by atoms with Crippen LogP contribution in [-0.4, -0.2) is 30.2 Å². The minimum atomic E-state index is -3.20. The fourth-order valence-electron chi connectivity index (χ4n) is 1.94. The number of carboxylic acid groups (broad SMARTS) is 1. The van der Waals surface area contributed by atoms with Gasteiger partial charge in [-0.05, 0) is 12.8 Å². The van der Waals surface area contributed by atoms with Crippen molar-refractivity contribution in [2.75, 3.05) is 5.75 Å². The molecule has 17 heavy (non-hydrogen) atoms. The summed E-state index contributed by atoms with van der Waals surface area (Å²) in [6.07, 6.45) is 2.95. The van der Waals surface area contributed by atoms with E-state index in [-0.39, 0.29) is 23.8 Å². The van der Waals surface area contributed by atoms with Gasteiger partial charge in [-0.3, -0.25) is 4.79 Å². The number of oxazole rings is 1. The highest BCUT2D eigenvalue weighted by Crippen LogP contribution is 2.32. The molecule has 1 N–H and O–H groups in total. The van der Waals surface area contributed by atoms with Crippen molar-refractivity contribution in [3.05, 3.63) is 17.8 Å². The maximum absolute atomic E-state index is 11.8. The molecule has 1 unspecified atom stereocenters. The number of hydrogen-bond donors (Lipinski definition) is 1. The van der Waals surface area contributed by atoms with E-state index in [4.69, 9.17) is 9.52 Å². The molecule has 1 aromatic heterocycles. The fraction of sp³-hybridized carbons (Fsp3) is 0.600. The zero-order chi connectivity index (χ0) is 12.5. The molecule has 1 atom stereocenters. The number of aromatic nitrogens is 1. The van der Waals surface area contributed by atoms with Crippen LogP contribution in [0.5, 0.6) is 0 Å². The number of rotatable bonds is 3. The molecule has 1 fully saturated rings. The topological polar surface area (TPSA) is 97.5 Å². The Balaban J connectivity index is 2.22. The molecule has 0 spiro atoms. The molecule has 94 valence electrons. The zero-order valence-electron chi connectivity index (χ0n) is 9.13. The predicted molar refractivity (Wildman–Crippen MR) is 58.2 cm³/mol. The summed E-state index contributed by atoms with van der Waals surface area (Å²) in [5, 5.41) is 7.88. The van der Waals surface area contributed by atoms with Crippen LogP contribution in [0.4, 0.5) is 0 Å². The Hall–Kier alpha value is -1.37. The van der Waals surface area contributed by atoms with Gasteiger partial charge in [-0.1, -0.05) is 6.42 Å². The van der Waals surface area contributed by atoms with E-state index in [0.29, 0.717) is 12.8 Å². The molecular weight excluding hydrogens is 246 g/mol. The van der Waals surface area contributed by atoms with Gasteiger partial charge >= 0.3 is 5.97 Å². The fourth-order valence-corrected chi connectivity index (χ4v) is 3.77. The number of carbonyl (C=O) groups is 1. The number of aliphatic carboxylic acids is 1. The summed E-state index contributed by atoms with van der Waals surface area (Å²) in [6.45, 7) is 0. The lowest BCUT2D eigenvalue weighted by Crippen LogP contribution is -2.21. The molecule has 0 bridgehead atoms. The van der Waals surface area contributed by atoms with Gasteiger partial charge in [0.1, 0.15) is 11.5 Å². The lowest BCUT2D eigenvalue weighted by atomic mass is 10.2. The number of hydrogen-bond acceptors (Lipinski definition) is 5. The van der Waals surface area contributed by atoms with Crippen molar-refractivity contribution in [1.29, 1.82) is 0 Å². The average Bonchev–Trinajstić information content (AvgIpc) is 2.64. The predicted octanol–water partition coefficient (Wildman–Crippen LogP) is 0.942. The third-order valence-corrected chi connectivity index (χ3v) is 4.92. The van der Waals surface area contributed by atoms with Gasteiger partial charge in [-0.2, -0.15) is 0 Å². The molecule has 0 amide bonds. The number of nitrogens with zero attached hydrogens (tertiary/aromatic N) is 1. The van der Waals surface area contributed by atoms with Crippen molar-refractivity contribution in [2.24, 2.45) is 0 Å². The van der Waals surface area contributed by atoms with E-state index in [9.17, 15) is 13.2 Å². The van der Waals surface area contributed by atoms with Crippen LogP contribution in [-0.2, 0) is 21.1 Å². The van der Waals surface area contributed by atoms with Crippen LogP contribution in [0.15, 0.2) is 10.7 Å². The van der Waals surface area contributed by atoms with Crippen LogP contribution in [0.3, 0.4) is 0 Å². The first-order valence-corrected chi connectivity index (χ1v) is 7.08. The maximum atomic E-state index is 11.8. The maximum Gasteiger partial charge on any atom is 0.309 e. The highest BCUT2D eigenvalue weighted by Gasteiger charge is 2.34. The van der Waals surface area contributed by atoms with Crippen LogP contribution in [0, 0.1) is 0 Å². The normalized spacial score (nSPS) is 23.4. The van der Waals surface area contributed by atoms with Crippen molar-refractivity contribution >= 4 is 15.8 Å². The van der Waals surface area contributed by atoms with Crippen LogP contribution >= 0.6 is 0 Å². The van der Waals surface area contributed by atoms with Crippen molar-refractivity contribution in [2.45, 2.75) is 30.9 Å². The molecule has 0 saturated carbocycles. The average molecular weight is 259 g/mol. The van der Waals surface area contributed by atoms with Crippen molar-refractivity contribution in [3.8, 4) is 0 Å². The Morgan fingerprint density at radius 3 is 2.94 bits per heavy atom. The third kappa shape index (κ3) is 2.66. The lowest BCUT2D eigenvalue weighted by molar-refractivity contribution is -0.136. The zero-order valence-corrected chi connectivity index (χ0v) is 9.94. The molecule has 7 heteroatoms. The standard InChI is InChI=1S/C10H13NO5S/c12-9(13)5-7-6-16-10(11-7)8-3-1-2-4-17(8,14)15/h6,8H,1-5H2,(H,12,13). The molecule has 0 aliphatic carbocycles. The van der Waals surface area contributed by atoms with Gasteiger partial charge in [0.05, 0.1) is 17.9 Å². The van der Waals surface area contributed by atoms with E-state index >= 15 is 0 Å². The van der Waals surface area contributed by atoms with Crippen molar-refractivity contribution in [1.82, 2.24) is 4.98 Å². The summed E-state index contributed by atoms with van der Waals surface area (Å²) in [6, 6.07) is 0. The minimum Gasteiger partial charge on any atom is -0.481 e. The third-order valence-electron chi connectivity index (χ3n) is 2.76. The molecule has 1 aromatic rings. The summed E-state index contributed by atoms with van der Waals surface area (Å²) in [4.78, 5) is 14.4. The van der Waals surface area contributed by atoms with E-state index in [1.807, 2.05) is 0 Å². The monoisotopic (exact) mass is 259 g/mol. The van der Waals surface area contributed by atoms with Gasteiger partial charge in [-0.15, -0.1) is 0 Å². The van der Waals surface area contributed by atoms with E-state index in [0.717, 1.165) is 6.42 Å². The smallest absolute Gasteiger partial charge is 0.309 e. The van der Waals surface area contributed by atoms with Crippen LogP contribution < -0.4 is 0 Å². The van der Waals surface area contributed by atoms with Crippen molar-refractivity contribution < 1.29 is 22.7 Å². The SMILES string of the molecule is O=C(O)Cc1coc(C2CCCCS2(=O)=O)n1. The summed E-state index contributed by atoms with van der Waals surface area (Å²) < 4.78 is 28.7. The first kappa shape index (κ1) is 12.1. The Morgan fingerprint density at radius 2 is 2.29 bits per heavy atom. The van der Waals surface area contributed by atoms with E-state index in [1.54, 1.807) is 0 Å². The largest absolute Gasteiger partial charge is 0.481 e. The minimum absolute atomic E-state index is 0.126. The highest BCUT2D eigenvalue weighted by molar-refractivity contribution is 7.91. The highest BCUT2D eigenvalue weighted by atomic mass is 32.2. The van der Waals surface area contributed by atoms with E-state index < -0.39 is 21.1 Å². The van der Waals surface area contributed by atoms with Crippen molar-refractivity contribution in [3.63, 3.8) is 0 Å². The summed E-state index contributed by atoms with van der Waals surface area (Å²) in [5.41, 5.74) is 0.258. The first-order chi connectivity index (χ1) is 7.99. The van der Waals surface area contributed by atoms with E-state index in [2.05, 4.69) is 4.98 Å². The molecule has 1 aliphatic rings. The van der Waals surface area contributed by atoms with E-state index in [1.165, 1.54) is 6.26 Å². The Bertz CT molecular complexity index is 519. The molecular formula is C10H13NO5S. The molecule has 1 aliphatic heterocycles. The molecule has 2 heterocycles. The van der Waals surface area contributed by atoms with Gasteiger partial charge < -0.3 is 9.52 Å². The summed E-state index contributed by atoms with van der Waals surface area (Å²) in [7, 11) is -3.20. The van der Waals surface area contributed by atoms with Crippen LogP contribution in [0.2, 0.25) is 0 Å². The van der Waals surface area contributed by atoms with Gasteiger partial charge in [0.2, 0.25) is 5.89 Å². The van der Waals surface area contributed by atoms with Crippen LogP contribution in [0.25, 0.3) is 0 Å². The molecule has 6 nitrogen and oxygen atoms in total. The Labute approximate surface area is 98.6 Å². The quantitative estimate of drug-likeness (QED) is 0.867. The Kier molecular flexibility index (Phi) is 3.19. The molecule has 0 radical (unpaired) electrons. The number of sulfone groups is 1. The molecule has 1 saturated heterocycles. The summed E-state index contributed by atoms with van der Waals surface area (Å²) in [5.74, 6) is -0.744. The second-order valence-electron chi connectivity index (χ2n) is 4.10. The Morgan fingerprint density at radius 1 is 1.53 bits per heavy atom. The second kappa shape index (κ2) is 4.48. The lowest BCUT2D eigenvalue weighted by Gasteiger charge is -2.18. The second-order valence-corrected chi connectivity index (χ2v) is 6.40. The number of carboxylic acids is 1. The van der Waals surface area contributed by atoms with Gasteiger partial charge in [0.25, 0.3) is 0 Å². The molecule has 0 aromatic carbocycles.